The van der Waals surface area contributed by atoms with Crippen LogP contribution in [0.5, 0.6) is 0 Å². The van der Waals surface area contributed by atoms with Crippen LogP contribution in [0.2, 0.25) is 0 Å². The van der Waals surface area contributed by atoms with Crippen LogP contribution in [0.3, 0.4) is 0 Å². The molecule has 0 unspecified atom stereocenters. The molecule has 0 aliphatic rings. The van der Waals surface area contributed by atoms with Crippen LogP contribution in [0, 0.1) is 0 Å². The standard InChI is InChI=1S/C10H8O2S.C8H5BrS.2CH4/c1-12-10(11)8-3-2-4-9-7(8)5-6-13-9;9-7-2-1-3-8-6(7)4-5-10-8;;/h2-6H,1H3;1-5H;2*1H4. The smallest absolute Gasteiger partial charge is 0.338 e. The van der Waals surface area contributed by atoms with Gasteiger partial charge in [0.15, 0.2) is 0 Å². The Morgan fingerprint density at radius 3 is 2.04 bits per heavy atom. The van der Waals surface area contributed by atoms with Gasteiger partial charge in [0.1, 0.15) is 0 Å². The van der Waals surface area contributed by atoms with Crippen molar-refractivity contribution < 1.29 is 9.53 Å². The summed E-state index contributed by atoms with van der Waals surface area (Å²) in [6, 6.07) is 16.0. The fourth-order valence-corrected chi connectivity index (χ4v) is 4.49. The van der Waals surface area contributed by atoms with Gasteiger partial charge in [-0.15, -0.1) is 22.7 Å². The van der Waals surface area contributed by atoms with Crippen molar-refractivity contribution in [3.05, 3.63) is 69.3 Å². The number of thiophene rings is 2. The number of esters is 1. The SMILES string of the molecule is Brc1cccc2sccc12.C.C.COC(=O)c1cccc2sccc12. The zero-order chi connectivity index (χ0) is 16.2. The molecule has 4 aromatic rings. The minimum absolute atomic E-state index is 0. The zero-order valence-corrected chi connectivity index (χ0v) is 15.5. The predicted octanol–water partition coefficient (Wildman–Crippen LogP) is 7.62. The topological polar surface area (TPSA) is 26.3 Å². The Balaban J connectivity index is 0.000000237. The minimum atomic E-state index is -0.274. The maximum absolute atomic E-state index is 11.3. The lowest BCUT2D eigenvalue weighted by Crippen LogP contribution is -2.00. The van der Waals surface area contributed by atoms with E-state index in [9.17, 15) is 4.79 Å². The largest absolute Gasteiger partial charge is 0.465 e. The van der Waals surface area contributed by atoms with Gasteiger partial charge in [0.25, 0.3) is 0 Å². The number of ether oxygens (including phenoxy) is 1. The highest BCUT2D eigenvalue weighted by Crippen LogP contribution is 2.27. The van der Waals surface area contributed by atoms with Gasteiger partial charge in [-0.05, 0) is 47.2 Å². The molecule has 5 heteroatoms. The molecule has 0 spiro atoms. The van der Waals surface area contributed by atoms with Gasteiger partial charge in [-0.3, -0.25) is 0 Å². The molecule has 0 bridgehead atoms. The summed E-state index contributed by atoms with van der Waals surface area (Å²) in [5.41, 5.74) is 0.640. The summed E-state index contributed by atoms with van der Waals surface area (Å²) in [5.74, 6) is -0.274. The zero-order valence-electron chi connectivity index (χ0n) is 12.3. The van der Waals surface area contributed by atoms with Crippen molar-refractivity contribution in [3.8, 4) is 0 Å². The highest BCUT2D eigenvalue weighted by molar-refractivity contribution is 9.10. The summed E-state index contributed by atoms with van der Waals surface area (Å²) in [5, 5.41) is 6.36. The number of hydrogen-bond acceptors (Lipinski definition) is 4. The highest BCUT2D eigenvalue weighted by Gasteiger charge is 2.09. The fraction of sp³-hybridized carbons (Fsp3) is 0.150. The molecule has 0 radical (unpaired) electrons. The van der Waals surface area contributed by atoms with Gasteiger partial charge in [-0.1, -0.05) is 42.9 Å². The summed E-state index contributed by atoms with van der Waals surface area (Å²) in [6.45, 7) is 0. The summed E-state index contributed by atoms with van der Waals surface area (Å²) >= 11 is 6.88. The van der Waals surface area contributed by atoms with Gasteiger partial charge in [-0.25, -0.2) is 4.79 Å². The predicted molar refractivity (Wildman–Crippen MR) is 116 cm³/mol. The quantitative estimate of drug-likeness (QED) is 0.286. The fourth-order valence-electron chi connectivity index (χ4n) is 2.24. The Bertz CT molecular complexity index is 956. The second-order valence-corrected chi connectivity index (χ2v) is 7.45. The number of carbonyl (C=O) groups is 1. The Hall–Kier alpha value is -1.69. The second-order valence-electron chi connectivity index (χ2n) is 4.70. The molecule has 0 atom stereocenters. The van der Waals surface area contributed by atoms with Crippen LogP contribution in [0.25, 0.3) is 20.2 Å². The van der Waals surface area contributed by atoms with Crippen LogP contribution in [0.4, 0.5) is 0 Å². The van der Waals surface area contributed by atoms with E-state index in [2.05, 4.69) is 50.3 Å². The molecule has 0 aliphatic heterocycles. The second kappa shape index (κ2) is 9.70. The summed E-state index contributed by atoms with van der Waals surface area (Å²) in [4.78, 5) is 11.3. The molecule has 0 aliphatic carbocycles. The van der Waals surface area contributed by atoms with Crippen molar-refractivity contribution in [1.29, 1.82) is 0 Å². The minimum Gasteiger partial charge on any atom is -0.465 e. The van der Waals surface area contributed by atoms with E-state index >= 15 is 0 Å². The molecule has 132 valence electrons. The van der Waals surface area contributed by atoms with Gasteiger partial charge < -0.3 is 4.74 Å². The molecular formula is C20H21BrO2S2. The maximum atomic E-state index is 11.3. The van der Waals surface area contributed by atoms with E-state index in [0.717, 1.165) is 10.1 Å². The first-order chi connectivity index (χ1) is 11.2. The van der Waals surface area contributed by atoms with E-state index in [1.165, 1.54) is 21.7 Å². The van der Waals surface area contributed by atoms with Crippen molar-refractivity contribution in [1.82, 2.24) is 0 Å². The molecule has 0 saturated carbocycles. The van der Waals surface area contributed by atoms with E-state index in [1.54, 1.807) is 28.7 Å². The highest BCUT2D eigenvalue weighted by atomic mass is 79.9. The van der Waals surface area contributed by atoms with Crippen LogP contribution < -0.4 is 0 Å². The lowest BCUT2D eigenvalue weighted by atomic mass is 10.1. The van der Waals surface area contributed by atoms with E-state index in [-0.39, 0.29) is 20.8 Å². The molecule has 0 N–H and O–H groups in total. The summed E-state index contributed by atoms with van der Waals surface area (Å²) in [6.07, 6.45) is 0. The van der Waals surface area contributed by atoms with Crippen LogP contribution in [0.15, 0.2) is 63.8 Å². The average molecular weight is 437 g/mol. The molecule has 2 aromatic carbocycles. The number of hydrogen-bond donors (Lipinski definition) is 0. The molecule has 2 heterocycles. The van der Waals surface area contributed by atoms with E-state index in [4.69, 9.17) is 0 Å². The van der Waals surface area contributed by atoms with Gasteiger partial charge in [0.05, 0.1) is 12.7 Å². The van der Waals surface area contributed by atoms with Crippen LogP contribution in [-0.2, 0) is 4.74 Å². The molecule has 2 aromatic heterocycles. The average Bonchev–Trinajstić information content (AvgIpc) is 3.23. The third-order valence-electron chi connectivity index (χ3n) is 3.34. The van der Waals surface area contributed by atoms with Gasteiger partial charge in [-0.2, -0.15) is 0 Å². The van der Waals surface area contributed by atoms with E-state index in [0.29, 0.717) is 5.56 Å². The van der Waals surface area contributed by atoms with Crippen LogP contribution in [0.1, 0.15) is 25.2 Å². The molecule has 4 rings (SSSR count). The lowest BCUT2D eigenvalue weighted by molar-refractivity contribution is 0.0603. The van der Waals surface area contributed by atoms with Gasteiger partial charge in [0.2, 0.25) is 0 Å². The van der Waals surface area contributed by atoms with Crippen molar-refractivity contribution in [2.45, 2.75) is 14.9 Å². The molecule has 25 heavy (non-hydrogen) atoms. The van der Waals surface area contributed by atoms with Gasteiger partial charge in [0, 0.05) is 24.6 Å². The number of benzene rings is 2. The first kappa shape index (κ1) is 21.4. The van der Waals surface area contributed by atoms with Crippen molar-refractivity contribution in [3.63, 3.8) is 0 Å². The molecule has 0 amide bonds. The van der Waals surface area contributed by atoms with Crippen molar-refractivity contribution in [2.24, 2.45) is 0 Å². The lowest BCUT2D eigenvalue weighted by Gasteiger charge is -1.99. The third-order valence-corrected chi connectivity index (χ3v) is 5.80. The van der Waals surface area contributed by atoms with Crippen LogP contribution in [-0.4, -0.2) is 13.1 Å². The van der Waals surface area contributed by atoms with Gasteiger partial charge >= 0.3 is 5.97 Å². The number of carbonyl (C=O) groups excluding carboxylic acids is 1. The summed E-state index contributed by atoms with van der Waals surface area (Å²) < 4.78 is 8.32. The molecule has 2 nitrogen and oxygen atoms in total. The molecule has 0 fully saturated rings. The number of methoxy groups -OCH3 is 1. The van der Waals surface area contributed by atoms with Crippen molar-refractivity contribution >= 4 is 64.7 Å². The van der Waals surface area contributed by atoms with E-state index in [1.807, 2.05) is 23.6 Å². The Kier molecular flexibility index (Phi) is 8.29. The first-order valence-corrected chi connectivity index (χ1v) is 9.42. The van der Waals surface area contributed by atoms with E-state index < -0.39 is 0 Å². The number of rotatable bonds is 1. The molecule has 0 saturated heterocycles. The Labute approximate surface area is 165 Å². The normalized spacial score (nSPS) is 9.52. The Morgan fingerprint density at radius 2 is 1.44 bits per heavy atom. The van der Waals surface area contributed by atoms with Crippen molar-refractivity contribution in [2.75, 3.05) is 7.11 Å². The maximum Gasteiger partial charge on any atom is 0.338 e. The first-order valence-electron chi connectivity index (χ1n) is 6.87. The molecular weight excluding hydrogens is 416 g/mol. The number of halogens is 1. The summed E-state index contributed by atoms with van der Waals surface area (Å²) in [7, 11) is 1.40. The van der Waals surface area contributed by atoms with Crippen LogP contribution >= 0.6 is 38.6 Å². The Morgan fingerprint density at radius 1 is 0.880 bits per heavy atom. The number of fused-ring (bicyclic) bond motifs is 2. The monoisotopic (exact) mass is 436 g/mol. The third kappa shape index (κ3) is 4.69.